The Morgan fingerprint density at radius 3 is 2.11 bits per heavy atom. The summed E-state index contributed by atoms with van der Waals surface area (Å²) in [6, 6.07) is 1.96. The van der Waals surface area contributed by atoms with Crippen LogP contribution in [0.3, 0.4) is 0 Å². The monoisotopic (exact) mass is 319 g/mol. The van der Waals surface area contributed by atoms with Gasteiger partial charge in [0.15, 0.2) is 0 Å². The highest BCUT2D eigenvalue weighted by Gasteiger charge is 2.48. The summed E-state index contributed by atoms with van der Waals surface area (Å²) < 4.78 is 82.9. The predicted octanol–water partition coefficient (Wildman–Crippen LogP) is 1.06. The molecular formula is C8H8F3NO5S2. The number of phenols is 1. The van der Waals surface area contributed by atoms with Crippen LogP contribution in [0.5, 0.6) is 5.75 Å². The number of hydrogen-bond acceptors (Lipinski definition) is 5. The van der Waals surface area contributed by atoms with Crippen molar-refractivity contribution in [2.75, 3.05) is 11.0 Å². The zero-order valence-electron chi connectivity index (χ0n) is 9.26. The Morgan fingerprint density at radius 2 is 1.68 bits per heavy atom. The van der Waals surface area contributed by atoms with Crippen LogP contribution < -0.4 is 4.72 Å². The van der Waals surface area contributed by atoms with Crippen LogP contribution >= 0.6 is 0 Å². The van der Waals surface area contributed by atoms with Gasteiger partial charge in [-0.2, -0.15) is 13.2 Å². The number of nitrogens with one attached hydrogen (secondary N) is 1. The predicted molar refractivity (Wildman–Crippen MR) is 59.8 cm³/mol. The standard InChI is InChI=1S/C8H8F3NO5S2/c1-18(14,15)12-5-2-3-6(13)7(4-5)19(16,17)8(9,10)11/h2-4,12-13H,1H3. The molecule has 0 saturated carbocycles. The van der Waals surface area contributed by atoms with Gasteiger partial charge in [-0.05, 0) is 18.2 Å². The van der Waals surface area contributed by atoms with Crippen molar-refractivity contribution in [3.63, 3.8) is 0 Å². The lowest BCUT2D eigenvalue weighted by Crippen LogP contribution is -2.23. The molecule has 0 heterocycles. The Morgan fingerprint density at radius 1 is 1.16 bits per heavy atom. The Bertz CT molecular complexity index is 694. The molecule has 0 aromatic heterocycles. The molecule has 1 aromatic rings. The van der Waals surface area contributed by atoms with E-state index in [0.717, 1.165) is 12.3 Å². The topological polar surface area (TPSA) is 101 Å². The number of sulfonamides is 1. The summed E-state index contributed by atoms with van der Waals surface area (Å²) in [5, 5.41) is 9.18. The maximum Gasteiger partial charge on any atom is 0.502 e. The molecule has 2 N–H and O–H groups in total. The van der Waals surface area contributed by atoms with E-state index in [2.05, 4.69) is 0 Å². The van der Waals surface area contributed by atoms with E-state index in [1.54, 1.807) is 4.72 Å². The molecule has 1 rings (SSSR count). The average Bonchev–Trinajstić information content (AvgIpc) is 2.16. The van der Waals surface area contributed by atoms with Gasteiger partial charge in [-0.1, -0.05) is 0 Å². The second-order valence-electron chi connectivity index (χ2n) is 3.51. The van der Waals surface area contributed by atoms with Crippen molar-refractivity contribution in [3.8, 4) is 5.75 Å². The smallest absolute Gasteiger partial charge is 0.502 e. The number of halogens is 3. The lowest BCUT2D eigenvalue weighted by molar-refractivity contribution is -0.0437. The van der Waals surface area contributed by atoms with E-state index in [9.17, 15) is 35.1 Å². The largest absolute Gasteiger partial charge is 0.507 e. The van der Waals surface area contributed by atoms with Crippen LogP contribution in [0, 0.1) is 0 Å². The van der Waals surface area contributed by atoms with Crippen LogP contribution in [0.15, 0.2) is 23.1 Å². The highest BCUT2D eigenvalue weighted by Crippen LogP contribution is 2.36. The molecule has 0 saturated heterocycles. The molecule has 108 valence electrons. The fourth-order valence-corrected chi connectivity index (χ4v) is 2.56. The Labute approximate surface area is 106 Å². The molecule has 0 radical (unpaired) electrons. The molecule has 0 spiro atoms. The quantitative estimate of drug-likeness (QED) is 0.811. The van der Waals surface area contributed by atoms with Crippen molar-refractivity contribution < 1.29 is 35.1 Å². The molecule has 0 bridgehead atoms. The molecule has 0 aliphatic rings. The van der Waals surface area contributed by atoms with E-state index in [1.165, 1.54) is 0 Å². The first kappa shape index (κ1) is 15.6. The van der Waals surface area contributed by atoms with Gasteiger partial charge in [-0.25, -0.2) is 16.8 Å². The van der Waals surface area contributed by atoms with E-state index in [1.807, 2.05) is 0 Å². The number of rotatable bonds is 3. The summed E-state index contributed by atoms with van der Waals surface area (Å²) in [5.74, 6) is -1.13. The zero-order valence-corrected chi connectivity index (χ0v) is 10.9. The van der Waals surface area contributed by atoms with Crippen molar-refractivity contribution in [3.05, 3.63) is 18.2 Å². The van der Waals surface area contributed by atoms with E-state index in [4.69, 9.17) is 0 Å². The first-order valence-corrected chi connectivity index (χ1v) is 7.84. The number of benzene rings is 1. The molecular weight excluding hydrogens is 311 g/mol. The zero-order chi connectivity index (χ0) is 15.1. The highest BCUT2D eigenvalue weighted by atomic mass is 32.2. The van der Waals surface area contributed by atoms with Gasteiger partial charge in [0.2, 0.25) is 10.0 Å². The molecule has 0 fully saturated rings. The third-order valence-corrected chi connectivity index (χ3v) is 3.98. The SMILES string of the molecule is CS(=O)(=O)Nc1ccc(O)c(S(=O)(=O)C(F)(F)F)c1. The third kappa shape index (κ3) is 3.50. The summed E-state index contributed by atoms with van der Waals surface area (Å²) in [6.45, 7) is 0. The van der Waals surface area contributed by atoms with Gasteiger partial charge in [-0.15, -0.1) is 0 Å². The second kappa shape index (κ2) is 4.56. The van der Waals surface area contributed by atoms with Gasteiger partial charge in [0.25, 0.3) is 9.84 Å². The Balaban J connectivity index is 3.42. The maximum atomic E-state index is 12.3. The minimum Gasteiger partial charge on any atom is -0.507 e. The first-order chi connectivity index (χ1) is 8.34. The number of hydrogen-bond donors (Lipinski definition) is 2. The second-order valence-corrected chi connectivity index (χ2v) is 7.16. The molecule has 0 aliphatic heterocycles. The molecule has 6 nitrogen and oxygen atoms in total. The minimum atomic E-state index is -5.77. The van der Waals surface area contributed by atoms with Crippen molar-refractivity contribution in [1.82, 2.24) is 0 Å². The van der Waals surface area contributed by atoms with Gasteiger partial charge < -0.3 is 5.11 Å². The summed E-state index contributed by atoms with van der Waals surface area (Å²) in [7, 11) is -9.57. The van der Waals surface area contributed by atoms with Gasteiger partial charge >= 0.3 is 5.51 Å². The number of phenolic OH excluding ortho intramolecular Hbond substituents is 1. The molecule has 0 amide bonds. The van der Waals surface area contributed by atoms with Crippen LogP contribution in [0.2, 0.25) is 0 Å². The average molecular weight is 319 g/mol. The van der Waals surface area contributed by atoms with Gasteiger partial charge in [0, 0.05) is 0 Å². The molecule has 0 aliphatic carbocycles. The van der Waals surface area contributed by atoms with Gasteiger partial charge in [-0.3, -0.25) is 4.72 Å². The number of aromatic hydroxyl groups is 1. The summed E-state index contributed by atoms with van der Waals surface area (Å²) in [6.07, 6.45) is 0.734. The van der Waals surface area contributed by atoms with Crippen LogP contribution in [0.4, 0.5) is 18.9 Å². The van der Waals surface area contributed by atoms with Crippen molar-refractivity contribution in [2.45, 2.75) is 10.4 Å². The fraction of sp³-hybridized carbons (Fsp3) is 0.250. The van der Waals surface area contributed by atoms with Gasteiger partial charge in [0.05, 0.1) is 11.9 Å². The van der Waals surface area contributed by atoms with Crippen molar-refractivity contribution in [1.29, 1.82) is 0 Å². The normalized spacial score (nSPS) is 13.3. The maximum absolute atomic E-state index is 12.3. The molecule has 0 unspecified atom stereocenters. The minimum absolute atomic E-state index is 0.388. The number of alkyl halides is 3. The number of sulfone groups is 1. The van der Waals surface area contributed by atoms with Crippen molar-refractivity contribution >= 4 is 25.5 Å². The molecule has 19 heavy (non-hydrogen) atoms. The fourth-order valence-electron chi connectivity index (χ4n) is 1.13. The highest BCUT2D eigenvalue weighted by molar-refractivity contribution is 7.92. The molecule has 11 heteroatoms. The lowest BCUT2D eigenvalue weighted by Gasteiger charge is -2.11. The van der Waals surface area contributed by atoms with E-state index >= 15 is 0 Å². The Kier molecular flexibility index (Phi) is 3.74. The summed E-state index contributed by atoms with van der Waals surface area (Å²) in [4.78, 5) is -1.42. The van der Waals surface area contributed by atoms with Crippen molar-refractivity contribution in [2.24, 2.45) is 0 Å². The van der Waals surface area contributed by atoms with Crippen LogP contribution in [-0.2, 0) is 19.9 Å². The third-order valence-electron chi connectivity index (χ3n) is 1.86. The Hall–Kier alpha value is -1.49. The van der Waals surface area contributed by atoms with Gasteiger partial charge in [0.1, 0.15) is 10.6 Å². The van der Waals surface area contributed by atoms with E-state index < -0.39 is 41.7 Å². The van der Waals surface area contributed by atoms with E-state index in [0.29, 0.717) is 12.1 Å². The van der Waals surface area contributed by atoms with Crippen LogP contribution in [-0.4, -0.2) is 33.7 Å². The summed E-state index contributed by atoms with van der Waals surface area (Å²) in [5.41, 5.74) is -6.02. The lowest BCUT2D eigenvalue weighted by atomic mass is 10.3. The van der Waals surface area contributed by atoms with E-state index in [-0.39, 0.29) is 0 Å². The molecule has 1 aromatic carbocycles. The molecule has 0 atom stereocenters. The summed E-state index contributed by atoms with van der Waals surface area (Å²) >= 11 is 0. The first-order valence-electron chi connectivity index (χ1n) is 4.47. The van der Waals surface area contributed by atoms with Crippen LogP contribution in [0.1, 0.15) is 0 Å². The number of anilines is 1. The van der Waals surface area contributed by atoms with Crippen LogP contribution in [0.25, 0.3) is 0 Å².